The van der Waals surface area contributed by atoms with E-state index in [0.717, 1.165) is 28.3 Å². The first-order valence-electron chi connectivity index (χ1n) is 5.70. The maximum Gasteiger partial charge on any atom is 0.223 e. The number of ether oxygens (including phenoxy) is 1. The average Bonchev–Trinajstić information content (AvgIpc) is 2.41. The third-order valence-electron chi connectivity index (χ3n) is 2.61. The van der Waals surface area contributed by atoms with E-state index in [-0.39, 0.29) is 0 Å². The lowest BCUT2D eigenvalue weighted by Crippen LogP contribution is -1.93. The van der Waals surface area contributed by atoms with Gasteiger partial charge in [0.25, 0.3) is 0 Å². The first-order valence-corrected chi connectivity index (χ1v) is 6.62. The average molecular weight is 282 g/mol. The topological polar surface area (TPSA) is 22.1 Å². The summed E-state index contributed by atoms with van der Waals surface area (Å²) in [5.41, 5.74) is 1.92. The van der Waals surface area contributed by atoms with Gasteiger partial charge in [-0.15, -0.1) is 11.6 Å². The Kier molecular flexibility index (Phi) is 4.45. The van der Waals surface area contributed by atoms with E-state index in [9.17, 15) is 0 Å². The molecule has 0 aliphatic heterocycles. The largest absolute Gasteiger partial charge is 0.439 e. The number of nitrogens with zero attached hydrogens (tertiary/aromatic N) is 1. The highest BCUT2D eigenvalue weighted by Crippen LogP contribution is 2.27. The number of rotatable bonds is 4. The Morgan fingerprint density at radius 3 is 2.78 bits per heavy atom. The highest BCUT2D eigenvalue weighted by atomic mass is 35.5. The van der Waals surface area contributed by atoms with Crippen molar-refractivity contribution < 1.29 is 4.74 Å². The molecule has 4 heteroatoms. The van der Waals surface area contributed by atoms with Gasteiger partial charge in [0.1, 0.15) is 5.75 Å². The van der Waals surface area contributed by atoms with E-state index in [1.807, 2.05) is 30.3 Å². The summed E-state index contributed by atoms with van der Waals surface area (Å²) in [6.07, 6.45) is 2.54. The van der Waals surface area contributed by atoms with E-state index >= 15 is 0 Å². The first-order chi connectivity index (χ1) is 8.74. The fraction of sp³-hybridized carbons (Fsp3) is 0.214. The molecule has 0 aliphatic carbocycles. The summed E-state index contributed by atoms with van der Waals surface area (Å²) >= 11 is 11.9. The molecular weight excluding hydrogens is 269 g/mol. The second-order valence-electron chi connectivity index (χ2n) is 3.81. The summed E-state index contributed by atoms with van der Waals surface area (Å²) in [6.45, 7) is 2.05. The molecule has 1 heterocycles. The number of hydrogen-bond donors (Lipinski definition) is 0. The Labute approximate surface area is 117 Å². The van der Waals surface area contributed by atoms with Crippen molar-refractivity contribution in [1.29, 1.82) is 0 Å². The standard InChI is InChI=1S/C14H13Cl2NO/c1-2-10-8-12(5-6-13(10)16)18-14-11(9-15)4-3-7-17-14/h3-8H,2,9H2,1H3. The van der Waals surface area contributed by atoms with Crippen LogP contribution in [0, 0.1) is 0 Å². The van der Waals surface area contributed by atoms with Crippen LogP contribution in [0.2, 0.25) is 5.02 Å². The number of halogens is 2. The van der Waals surface area contributed by atoms with Crippen molar-refractivity contribution in [1.82, 2.24) is 4.98 Å². The maximum absolute atomic E-state index is 6.07. The Balaban J connectivity index is 2.28. The van der Waals surface area contributed by atoms with Crippen molar-refractivity contribution in [2.24, 2.45) is 0 Å². The molecule has 1 aromatic carbocycles. The van der Waals surface area contributed by atoms with E-state index in [2.05, 4.69) is 11.9 Å². The van der Waals surface area contributed by atoms with Crippen LogP contribution in [0.25, 0.3) is 0 Å². The van der Waals surface area contributed by atoms with Gasteiger partial charge in [0.2, 0.25) is 5.88 Å². The van der Waals surface area contributed by atoms with Crippen LogP contribution < -0.4 is 4.74 Å². The lowest BCUT2D eigenvalue weighted by Gasteiger charge is -2.09. The molecule has 0 atom stereocenters. The zero-order valence-corrected chi connectivity index (χ0v) is 11.5. The monoisotopic (exact) mass is 281 g/mol. The zero-order chi connectivity index (χ0) is 13.0. The van der Waals surface area contributed by atoms with E-state index in [4.69, 9.17) is 27.9 Å². The lowest BCUT2D eigenvalue weighted by molar-refractivity contribution is 0.458. The number of hydrogen-bond acceptors (Lipinski definition) is 2. The molecule has 0 radical (unpaired) electrons. The molecule has 0 aliphatic rings. The number of pyridine rings is 1. The highest BCUT2D eigenvalue weighted by Gasteiger charge is 2.06. The maximum atomic E-state index is 6.07. The van der Waals surface area contributed by atoms with Gasteiger partial charge < -0.3 is 4.74 Å². The number of benzene rings is 1. The Hall–Kier alpha value is -1.25. The minimum absolute atomic E-state index is 0.372. The van der Waals surface area contributed by atoms with Crippen LogP contribution in [0.3, 0.4) is 0 Å². The van der Waals surface area contributed by atoms with Gasteiger partial charge in [0.05, 0.1) is 5.88 Å². The minimum Gasteiger partial charge on any atom is -0.439 e. The van der Waals surface area contributed by atoms with Crippen molar-refractivity contribution in [3.8, 4) is 11.6 Å². The normalized spacial score (nSPS) is 10.4. The van der Waals surface area contributed by atoms with Crippen molar-refractivity contribution in [2.45, 2.75) is 19.2 Å². The van der Waals surface area contributed by atoms with Gasteiger partial charge in [-0.2, -0.15) is 0 Å². The van der Waals surface area contributed by atoms with E-state index in [1.54, 1.807) is 6.20 Å². The van der Waals surface area contributed by atoms with Crippen LogP contribution >= 0.6 is 23.2 Å². The molecule has 0 N–H and O–H groups in total. The minimum atomic E-state index is 0.372. The lowest BCUT2D eigenvalue weighted by atomic mass is 10.1. The Morgan fingerprint density at radius 2 is 2.06 bits per heavy atom. The molecule has 0 fully saturated rings. The van der Waals surface area contributed by atoms with Gasteiger partial charge in [0.15, 0.2) is 0 Å². The molecule has 94 valence electrons. The molecule has 0 saturated carbocycles. The molecule has 2 aromatic rings. The van der Waals surface area contributed by atoms with Crippen LogP contribution in [-0.2, 0) is 12.3 Å². The summed E-state index contributed by atoms with van der Waals surface area (Å²) in [7, 11) is 0. The van der Waals surface area contributed by atoms with Crippen LogP contribution in [0.1, 0.15) is 18.1 Å². The summed E-state index contributed by atoms with van der Waals surface area (Å²) in [6, 6.07) is 9.32. The van der Waals surface area contributed by atoms with E-state index in [0.29, 0.717) is 11.8 Å². The molecule has 2 rings (SSSR count). The van der Waals surface area contributed by atoms with Gasteiger partial charge in [0, 0.05) is 16.8 Å². The van der Waals surface area contributed by atoms with Crippen LogP contribution in [-0.4, -0.2) is 4.98 Å². The third kappa shape index (κ3) is 2.95. The van der Waals surface area contributed by atoms with Gasteiger partial charge >= 0.3 is 0 Å². The number of aromatic nitrogens is 1. The summed E-state index contributed by atoms with van der Waals surface area (Å²) in [4.78, 5) is 4.18. The van der Waals surface area contributed by atoms with Gasteiger partial charge in [-0.05, 0) is 36.2 Å². The van der Waals surface area contributed by atoms with Crippen LogP contribution in [0.4, 0.5) is 0 Å². The van der Waals surface area contributed by atoms with Crippen molar-refractivity contribution >= 4 is 23.2 Å². The van der Waals surface area contributed by atoms with Gasteiger partial charge in [-0.1, -0.05) is 24.6 Å². The summed E-state index contributed by atoms with van der Waals surface area (Å²) in [5, 5.41) is 0.753. The smallest absolute Gasteiger partial charge is 0.223 e. The molecule has 0 amide bonds. The molecule has 0 unspecified atom stereocenters. The SMILES string of the molecule is CCc1cc(Oc2ncccc2CCl)ccc1Cl. The Bertz CT molecular complexity index is 543. The van der Waals surface area contributed by atoms with Gasteiger partial charge in [-0.3, -0.25) is 0 Å². The molecule has 2 nitrogen and oxygen atoms in total. The zero-order valence-electron chi connectivity index (χ0n) is 9.99. The second-order valence-corrected chi connectivity index (χ2v) is 4.48. The third-order valence-corrected chi connectivity index (χ3v) is 3.26. The number of alkyl halides is 1. The predicted octanol–water partition coefficient (Wildman–Crippen LogP) is 4.83. The molecule has 0 saturated heterocycles. The van der Waals surface area contributed by atoms with Crippen molar-refractivity contribution in [3.63, 3.8) is 0 Å². The highest BCUT2D eigenvalue weighted by molar-refractivity contribution is 6.31. The fourth-order valence-electron chi connectivity index (χ4n) is 1.61. The molecule has 0 spiro atoms. The second kappa shape index (κ2) is 6.07. The quantitative estimate of drug-likeness (QED) is 0.749. The number of aryl methyl sites for hydroxylation is 1. The first kappa shape index (κ1) is 13.2. The van der Waals surface area contributed by atoms with Crippen molar-refractivity contribution in [2.75, 3.05) is 0 Å². The van der Waals surface area contributed by atoms with Crippen molar-refractivity contribution in [3.05, 3.63) is 52.7 Å². The van der Waals surface area contributed by atoms with E-state index < -0.39 is 0 Å². The fourth-order valence-corrected chi connectivity index (χ4v) is 2.07. The molecule has 1 aromatic heterocycles. The Morgan fingerprint density at radius 1 is 1.22 bits per heavy atom. The molecule has 18 heavy (non-hydrogen) atoms. The van der Waals surface area contributed by atoms with E-state index in [1.165, 1.54) is 0 Å². The van der Waals surface area contributed by atoms with Crippen LogP contribution in [0.5, 0.6) is 11.6 Å². The summed E-state index contributed by atoms with van der Waals surface area (Å²) < 4.78 is 5.74. The summed E-state index contributed by atoms with van der Waals surface area (Å²) in [5.74, 6) is 1.63. The predicted molar refractivity (Wildman–Crippen MR) is 74.7 cm³/mol. The molecule has 0 bridgehead atoms. The van der Waals surface area contributed by atoms with Gasteiger partial charge in [-0.25, -0.2) is 4.98 Å². The molecular formula is C14H13Cl2NO. The van der Waals surface area contributed by atoms with Crippen LogP contribution in [0.15, 0.2) is 36.5 Å².